The number of carboxylic acids is 1. The highest BCUT2D eigenvalue weighted by Gasteiger charge is 2.10. The molecule has 0 saturated heterocycles. The number of carboxylic acid groups (broad SMARTS) is 1. The molecule has 2 N–H and O–H groups in total. The quantitative estimate of drug-likeness (QED) is 0.568. The van der Waals surface area contributed by atoms with Crippen LogP contribution in [0.1, 0.15) is 15.6 Å². The molecule has 1 aromatic heterocycles. The van der Waals surface area contributed by atoms with Crippen LogP contribution in [-0.4, -0.2) is 22.6 Å². The summed E-state index contributed by atoms with van der Waals surface area (Å²) in [6.45, 7) is 6.83. The number of nitrogens with one attached hydrogen (secondary N) is 1. The fourth-order valence-electron chi connectivity index (χ4n) is 1.15. The van der Waals surface area contributed by atoms with Crippen LogP contribution in [0.25, 0.3) is 0 Å². The first-order chi connectivity index (χ1) is 7.13. The van der Waals surface area contributed by atoms with Crippen molar-refractivity contribution in [3.63, 3.8) is 0 Å². The summed E-state index contributed by atoms with van der Waals surface area (Å²) in [5.41, 5.74) is 0.817. The van der Waals surface area contributed by atoms with Crippen LogP contribution in [0.4, 0.5) is 0 Å². The molecule has 0 amide bonds. The van der Waals surface area contributed by atoms with Crippen molar-refractivity contribution in [2.75, 3.05) is 6.54 Å². The molecule has 0 aliphatic rings. The van der Waals surface area contributed by atoms with Gasteiger partial charge < -0.3 is 10.4 Å². The maximum absolute atomic E-state index is 10.5. The number of nitrogens with zero attached hydrogens (tertiary/aromatic N) is 1. The molecular weight excluding hydrogens is 212 g/mol. The third-order valence-electron chi connectivity index (χ3n) is 1.81. The molecule has 0 aliphatic carbocycles. The third kappa shape index (κ3) is 3.81. The van der Waals surface area contributed by atoms with Crippen LogP contribution in [0.15, 0.2) is 12.7 Å². The van der Waals surface area contributed by atoms with Crippen molar-refractivity contribution in [2.45, 2.75) is 19.9 Å². The van der Waals surface area contributed by atoms with Gasteiger partial charge in [-0.2, -0.15) is 0 Å². The molecule has 4 nitrogen and oxygen atoms in total. The zero-order valence-corrected chi connectivity index (χ0v) is 9.43. The Labute approximate surface area is 92.7 Å². The van der Waals surface area contributed by atoms with Gasteiger partial charge in [0.25, 0.3) is 0 Å². The topological polar surface area (TPSA) is 62.2 Å². The average Bonchev–Trinajstić information content (AvgIpc) is 2.47. The van der Waals surface area contributed by atoms with Gasteiger partial charge in [-0.05, 0) is 6.92 Å². The summed E-state index contributed by atoms with van der Waals surface area (Å²) < 4.78 is 0. The monoisotopic (exact) mass is 226 g/mol. The van der Waals surface area contributed by atoms with E-state index in [1.807, 2.05) is 6.92 Å². The Morgan fingerprint density at radius 1 is 1.73 bits per heavy atom. The van der Waals surface area contributed by atoms with E-state index in [9.17, 15) is 4.79 Å². The maximum atomic E-state index is 10.5. The van der Waals surface area contributed by atoms with Gasteiger partial charge in [0, 0.05) is 18.0 Å². The lowest BCUT2D eigenvalue weighted by Gasteiger charge is -1.95. The van der Waals surface area contributed by atoms with E-state index in [-0.39, 0.29) is 6.42 Å². The summed E-state index contributed by atoms with van der Waals surface area (Å²) >= 11 is 1.45. The molecular formula is C10H14N2O2S. The van der Waals surface area contributed by atoms with Crippen molar-refractivity contribution >= 4 is 17.3 Å². The van der Waals surface area contributed by atoms with Gasteiger partial charge >= 0.3 is 5.97 Å². The van der Waals surface area contributed by atoms with Gasteiger partial charge in [0.2, 0.25) is 0 Å². The highest BCUT2D eigenvalue weighted by molar-refractivity contribution is 7.11. The molecule has 0 fully saturated rings. The molecule has 0 radical (unpaired) electrons. The number of carbonyl (C=O) groups is 1. The van der Waals surface area contributed by atoms with Crippen LogP contribution in [0, 0.1) is 6.92 Å². The van der Waals surface area contributed by atoms with Crippen molar-refractivity contribution in [1.29, 1.82) is 0 Å². The first-order valence-corrected chi connectivity index (χ1v) is 5.43. The van der Waals surface area contributed by atoms with Crippen molar-refractivity contribution in [1.82, 2.24) is 10.3 Å². The summed E-state index contributed by atoms with van der Waals surface area (Å²) in [6.07, 6.45) is 1.84. The molecule has 1 rings (SSSR count). The Balaban J connectivity index is 2.59. The van der Waals surface area contributed by atoms with Gasteiger partial charge in [-0.15, -0.1) is 17.9 Å². The minimum absolute atomic E-state index is 0.0605. The summed E-state index contributed by atoms with van der Waals surface area (Å²) in [7, 11) is 0. The van der Waals surface area contributed by atoms with Crippen LogP contribution in [0.3, 0.4) is 0 Å². The van der Waals surface area contributed by atoms with Gasteiger partial charge in [0.05, 0.1) is 12.1 Å². The second kappa shape index (κ2) is 5.63. The Kier molecular flexibility index (Phi) is 4.45. The Morgan fingerprint density at radius 3 is 3.07 bits per heavy atom. The number of aromatic nitrogens is 1. The second-order valence-corrected chi connectivity index (χ2v) is 4.27. The second-order valence-electron chi connectivity index (χ2n) is 3.11. The van der Waals surface area contributed by atoms with Crippen molar-refractivity contribution in [3.05, 3.63) is 28.2 Å². The number of thiazole rings is 1. The van der Waals surface area contributed by atoms with Crippen molar-refractivity contribution < 1.29 is 9.90 Å². The largest absolute Gasteiger partial charge is 0.481 e. The van der Waals surface area contributed by atoms with Gasteiger partial charge in [-0.1, -0.05) is 6.08 Å². The molecule has 5 heteroatoms. The lowest BCUT2D eigenvalue weighted by Crippen LogP contribution is -2.12. The van der Waals surface area contributed by atoms with Crippen LogP contribution in [0.2, 0.25) is 0 Å². The summed E-state index contributed by atoms with van der Waals surface area (Å²) in [4.78, 5) is 15.7. The molecule has 0 spiro atoms. The molecule has 0 unspecified atom stereocenters. The van der Waals surface area contributed by atoms with Crippen molar-refractivity contribution in [3.8, 4) is 0 Å². The standard InChI is InChI=1S/C10H14N2O2S/c1-3-4-11-6-9-12-7(2)8(15-9)5-10(13)14/h3,11H,1,4-6H2,2H3,(H,13,14). The fraction of sp³-hybridized carbons (Fsp3) is 0.400. The van der Waals surface area contributed by atoms with E-state index in [0.717, 1.165) is 22.1 Å². The maximum Gasteiger partial charge on any atom is 0.308 e. The van der Waals surface area contributed by atoms with E-state index >= 15 is 0 Å². The average molecular weight is 226 g/mol. The molecule has 0 atom stereocenters. The van der Waals surface area contributed by atoms with E-state index in [2.05, 4.69) is 16.9 Å². The van der Waals surface area contributed by atoms with Crippen LogP contribution >= 0.6 is 11.3 Å². The Morgan fingerprint density at radius 2 is 2.47 bits per heavy atom. The lowest BCUT2D eigenvalue weighted by molar-refractivity contribution is -0.136. The predicted molar refractivity (Wildman–Crippen MR) is 60.1 cm³/mol. The number of hydrogen-bond donors (Lipinski definition) is 2. The Hall–Kier alpha value is -1.20. The van der Waals surface area contributed by atoms with Crippen LogP contribution < -0.4 is 5.32 Å². The third-order valence-corrected chi connectivity index (χ3v) is 2.97. The molecule has 0 saturated carbocycles. The van der Waals surface area contributed by atoms with Gasteiger partial charge in [-0.3, -0.25) is 4.79 Å². The number of aryl methyl sites for hydroxylation is 1. The van der Waals surface area contributed by atoms with E-state index in [1.54, 1.807) is 6.08 Å². The first-order valence-electron chi connectivity index (χ1n) is 4.62. The first kappa shape index (κ1) is 11.9. The Bertz CT molecular complexity index is 360. The van der Waals surface area contributed by atoms with E-state index in [1.165, 1.54) is 11.3 Å². The van der Waals surface area contributed by atoms with Crippen LogP contribution in [-0.2, 0) is 17.8 Å². The van der Waals surface area contributed by atoms with Gasteiger partial charge in [0.1, 0.15) is 5.01 Å². The van der Waals surface area contributed by atoms with E-state index in [4.69, 9.17) is 5.11 Å². The molecule has 0 bridgehead atoms. The fourth-order valence-corrected chi connectivity index (χ4v) is 2.18. The zero-order valence-electron chi connectivity index (χ0n) is 8.62. The SMILES string of the molecule is C=CCNCc1nc(C)c(CC(=O)O)s1. The minimum Gasteiger partial charge on any atom is -0.481 e. The highest BCUT2D eigenvalue weighted by Crippen LogP contribution is 2.18. The predicted octanol–water partition coefficient (Wildman–Crippen LogP) is 1.35. The number of rotatable bonds is 6. The number of hydrogen-bond acceptors (Lipinski definition) is 4. The molecule has 1 aromatic rings. The molecule has 0 aromatic carbocycles. The molecule has 1 heterocycles. The number of aliphatic carboxylic acids is 1. The summed E-state index contributed by atoms with van der Waals surface area (Å²) in [5.74, 6) is -0.813. The lowest BCUT2D eigenvalue weighted by atomic mass is 10.3. The summed E-state index contributed by atoms with van der Waals surface area (Å²) in [5, 5.41) is 12.7. The zero-order chi connectivity index (χ0) is 11.3. The van der Waals surface area contributed by atoms with Crippen LogP contribution in [0.5, 0.6) is 0 Å². The molecule has 15 heavy (non-hydrogen) atoms. The minimum atomic E-state index is -0.813. The highest BCUT2D eigenvalue weighted by atomic mass is 32.1. The van der Waals surface area contributed by atoms with Gasteiger partial charge in [-0.25, -0.2) is 4.98 Å². The summed E-state index contributed by atoms with van der Waals surface area (Å²) in [6, 6.07) is 0. The molecule has 0 aliphatic heterocycles. The van der Waals surface area contributed by atoms with Gasteiger partial charge in [0.15, 0.2) is 0 Å². The normalized spacial score (nSPS) is 10.2. The van der Waals surface area contributed by atoms with E-state index in [0.29, 0.717) is 6.54 Å². The molecule has 82 valence electrons. The van der Waals surface area contributed by atoms with Crippen molar-refractivity contribution in [2.24, 2.45) is 0 Å². The van der Waals surface area contributed by atoms with E-state index < -0.39 is 5.97 Å². The smallest absolute Gasteiger partial charge is 0.308 e.